The van der Waals surface area contributed by atoms with E-state index in [1.165, 1.54) is 14.0 Å². The first-order valence-corrected chi connectivity index (χ1v) is 8.65. The molecule has 9 nitrogen and oxygen atoms in total. The fourth-order valence-electron chi connectivity index (χ4n) is 2.77. The molecule has 0 radical (unpaired) electrons. The van der Waals surface area contributed by atoms with Gasteiger partial charge in [0.1, 0.15) is 18.3 Å². The van der Waals surface area contributed by atoms with E-state index in [4.69, 9.17) is 21.4 Å². The SMILES string of the molecule is Cc1c(C#N)n(C)c(=O)n(Cc2nc(C[C@H](O)c3ccc(Cl)cc3)no2)c1=O. The molecule has 144 valence electrons. The normalized spacial score (nSPS) is 12.0. The van der Waals surface area contributed by atoms with Crippen LogP contribution in [-0.4, -0.2) is 24.4 Å². The zero-order valence-electron chi connectivity index (χ0n) is 15.1. The zero-order valence-corrected chi connectivity index (χ0v) is 15.8. The second-order valence-corrected chi connectivity index (χ2v) is 6.63. The van der Waals surface area contributed by atoms with Crippen molar-refractivity contribution in [1.82, 2.24) is 19.3 Å². The van der Waals surface area contributed by atoms with Gasteiger partial charge in [0.05, 0.1) is 6.10 Å². The Kier molecular flexibility index (Phi) is 5.44. The van der Waals surface area contributed by atoms with Crippen molar-refractivity contribution in [3.05, 3.63) is 78.7 Å². The van der Waals surface area contributed by atoms with Crippen LogP contribution in [0.4, 0.5) is 0 Å². The molecule has 1 aromatic carbocycles. The van der Waals surface area contributed by atoms with E-state index in [2.05, 4.69) is 10.1 Å². The number of benzene rings is 1. The van der Waals surface area contributed by atoms with Crippen LogP contribution >= 0.6 is 11.6 Å². The summed E-state index contributed by atoms with van der Waals surface area (Å²) in [4.78, 5) is 28.9. The van der Waals surface area contributed by atoms with Crippen molar-refractivity contribution >= 4 is 11.6 Å². The van der Waals surface area contributed by atoms with Crippen LogP contribution in [0.3, 0.4) is 0 Å². The number of nitrogens with zero attached hydrogens (tertiary/aromatic N) is 5. The quantitative estimate of drug-likeness (QED) is 0.677. The van der Waals surface area contributed by atoms with Crippen molar-refractivity contribution in [2.75, 3.05) is 0 Å². The van der Waals surface area contributed by atoms with Crippen molar-refractivity contribution in [2.45, 2.75) is 26.0 Å². The topological polar surface area (TPSA) is 127 Å². The van der Waals surface area contributed by atoms with Crippen LogP contribution in [0.1, 0.15) is 34.6 Å². The smallest absolute Gasteiger partial charge is 0.332 e. The number of rotatable bonds is 5. The Balaban J connectivity index is 1.82. The molecule has 2 heterocycles. The molecule has 0 aliphatic carbocycles. The highest BCUT2D eigenvalue weighted by Crippen LogP contribution is 2.19. The van der Waals surface area contributed by atoms with Gasteiger partial charge in [-0.1, -0.05) is 28.9 Å². The van der Waals surface area contributed by atoms with Gasteiger partial charge in [-0.25, -0.2) is 4.79 Å². The van der Waals surface area contributed by atoms with E-state index < -0.39 is 17.4 Å². The fourth-order valence-corrected chi connectivity index (χ4v) is 2.89. The van der Waals surface area contributed by atoms with Gasteiger partial charge in [0.15, 0.2) is 5.82 Å². The maximum Gasteiger partial charge on any atom is 0.332 e. The molecule has 0 spiro atoms. The summed E-state index contributed by atoms with van der Waals surface area (Å²) in [5, 5.41) is 23.7. The number of aliphatic hydroxyl groups excluding tert-OH is 1. The molecule has 0 aliphatic rings. The molecule has 0 saturated carbocycles. The largest absolute Gasteiger partial charge is 0.388 e. The lowest BCUT2D eigenvalue weighted by Crippen LogP contribution is -2.41. The second kappa shape index (κ2) is 7.80. The van der Waals surface area contributed by atoms with E-state index in [-0.39, 0.29) is 35.9 Å². The summed E-state index contributed by atoms with van der Waals surface area (Å²) in [6.07, 6.45) is -0.778. The molecule has 0 saturated heterocycles. The van der Waals surface area contributed by atoms with Crippen LogP contribution in [0.25, 0.3) is 0 Å². The van der Waals surface area contributed by atoms with E-state index in [0.29, 0.717) is 10.6 Å². The molecule has 1 atom stereocenters. The fraction of sp³-hybridized carbons (Fsp3) is 0.278. The Bertz CT molecular complexity index is 1130. The van der Waals surface area contributed by atoms with E-state index in [0.717, 1.165) is 9.13 Å². The van der Waals surface area contributed by atoms with Gasteiger partial charge in [0.2, 0.25) is 5.89 Å². The van der Waals surface area contributed by atoms with Gasteiger partial charge < -0.3 is 9.63 Å². The minimum Gasteiger partial charge on any atom is -0.388 e. The molecule has 10 heteroatoms. The van der Waals surface area contributed by atoms with E-state index >= 15 is 0 Å². The molecule has 2 aromatic heterocycles. The van der Waals surface area contributed by atoms with Crippen molar-refractivity contribution in [1.29, 1.82) is 5.26 Å². The van der Waals surface area contributed by atoms with E-state index in [1.807, 2.05) is 6.07 Å². The first-order chi connectivity index (χ1) is 13.3. The number of aliphatic hydroxyl groups is 1. The van der Waals surface area contributed by atoms with Crippen LogP contribution in [0.2, 0.25) is 5.02 Å². The van der Waals surface area contributed by atoms with Crippen LogP contribution < -0.4 is 11.2 Å². The third-order valence-corrected chi connectivity index (χ3v) is 4.57. The molecule has 0 aliphatic heterocycles. The highest BCUT2D eigenvalue weighted by molar-refractivity contribution is 6.30. The summed E-state index contributed by atoms with van der Waals surface area (Å²) in [6.45, 7) is 1.24. The summed E-state index contributed by atoms with van der Waals surface area (Å²) < 4.78 is 7.12. The number of aromatic nitrogens is 4. The minimum absolute atomic E-state index is 0.00329. The summed E-state index contributed by atoms with van der Waals surface area (Å²) in [7, 11) is 1.41. The van der Waals surface area contributed by atoms with Crippen LogP contribution in [0.5, 0.6) is 0 Å². The minimum atomic E-state index is -0.865. The third kappa shape index (κ3) is 3.74. The van der Waals surface area contributed by atoms with E-state index in [1.54, 1.807) is 24.3 Å². The molecule has 0 amide bonds. The average molecular weight is 402 g/mol. The Morgan fingerprint density at radius 3 is 2.64 bits per heavy atom. The maximum absolute atomic E-state index is 12.4. The first-order valence-electron chi connectivity index (χ1n) is 8.27. The third-order valence-electron chi connectivity index (χ3n) is 4.31. The monoisotopic (exact) mass is 401 g/mol. The lowest BCUT2D eigenvalue weighted by Gasteiger charge is -2.09. The summed E-state index contributed by atoms with van der Waals surface area (Å²) in [6, 6.07) is 8.55. The summed E-state index contributed by atoms with van der Waals surface area (Å²) >= 11 is 5.83. The summed E-state index contributed by atoms with van der Waals surface area (Å²) in [5.41, 5.74) is -0.455. The van der Waals surface area contributed by atoms with E-state index in [9.17, 15) is 14.7 Å². The highest BCUT2D eigenvalue weighted by atomic mass is 35.5. The number of halogens is 1. The molecule has 0 unspecified atom stereocenters. The van der Waals surface area contributed by atoms with Gasteiger partial charge >= 0.3 is 5.69 Å². The predicted molar refractivity (Wildman–Crippen MR) is 98.9 cm³/mol. The predicted octanol–water partition coefficient (Wildman–Crippen LogP) is 1.09. The molecule has 28 heavy (non-hydrogen) atoms. The lowest BCUT2D eigenvalue weighted by atomic mass is 10.1. The Morgan fingerprint density at radius 2 is 2.00 bits per heavy atom. The van der Waals surface area contributed by atoms with Gasteiger partial charge in [0, 0.05) is 24.1 Å². The molecule has 3 aromatic rings. The molecule has 0 fully saturated rings. The molecule has 1 N–H and O–H groups in total. The maximum atomic E-state index is 12.4. The average Bonchev–Trinajstić information content (AvgIpc) is 3.11. The lowest BCUT2D eigenvalue weighted by molar-refractivity contribution is 0.174. The van der Waals surface area contributed by atoms with Crippen molar-refractivity contribution in [2.24, 2.45) is 7.05 Å². The van der Waals surface area contributed by atoms with Crippen molar-refractivity contribution in [3.8, 4) is 6.07 Å². The van der Waals surface area contributed by atoms with Crippen molar-refractivity contribution in [3.63, 3.8) is 0 Å². The number of nitriles is 1. The van der Waals surface area contributed by atoms with Gasteiger partial charge in [-0.2, -0.15) is 10.2 Å². The Labute approximate surface area is 164 Å². The summed E-state index contributed by atoms with van der Waals surface area (Å²) in [5.74, 6) is 0.273. The molecule has 0 bridgehead atoms. The number of hydrogen-bond acceptors (Lipinski definition) is 7. The first kappa shape index (κ1) is 19.5. The van der Waals surface area contributed by atoms with Gasteiger partial charge in [-0.15, -0.1) is 0 Å². The second-order valence-electron chi connectivity index (χ2n) is 6.19. The molecular formula is C18H16ClN5O4. The molecule has 3 rings (SSSR count). The molecular weight excluding hydrogens is 386 g/mol. The van der Waals surface area contributed by atoms with Crippen LogP contribution in [0, 0.1) is 18.3 Å². The van der Waals surface area contributed by atoms with Gasteiger partial charge in [-0.05, 0) is 24.6 Å². The van der Waals surface area contributed by atoms with Gasteiger partial charge in [0.25, 0.3) is 5.56 Å². The zero-order chi connectivity index (χ0) is 20.4. The highest BCUT2D eigenvalue weighted by Gasteiger charge is 2.18. The Morgan fingerprint density at radius 1 is 1.32 bits per heavy atom. The van der Waals surface area contributed by atoms with Crippen LogP contribution in [0.15, 0.2) is 38.4 Å². The van der Waals surface area contributed by atoms with Crippen molar-refractivity contribution < 1.29 is 9.63 Å². The standard InChI is InChI=1S/C18H16ClN5O4/c1-10-13(8-20)23(2)18(27)24(17(10)26)9-16-21-15(22-28-16)7-14(25)11-3-5-12(19)6-4-11/h3-6,14,25H,7,9H2,1-2H3/t14-/m0/s1. The number of hydrogen-bond donors (Lipinski definition) is 1. The Hall–Kier alpha value is -3.22. The van der Waals surface area contributed by atoms with Crippen LogP contribution in [-0.2, 0) is 20.0 Å². The van der Waals surface area contributed by atoms with Gasteiger partial charge in [-0.3, -0.25) is 13.9 Å².